The van der Waals surface area contributed by atoms with Gasteiger partial charge in [-0.05, 0) is 59.9 Å². The van der Waals surface area contributed by atoms with Gasteiger partial charge in [-0.15, -0.1) is 0 Å². The van der Waals surface area contributed by atoms with Gasteiger partial charge < -0.3 is 0 Å². The molecule has 1 unspecified atom stereocenters. The molecule has 0 amide bonds. The van der Waals surface area contributed by atoms with Gasteiger partial charge in [-0.2, -0.15) is 0 Å². The quantitative estimate of drug-likeness (QED) is 0.375. The molecule has 33 heavy (non-hydrogen) atoms. The molecule has 180 valence electrons. The average molecular weight is 447 g/mol. The fourth-order valence-corrected chi connectivity index (χ4v) is 4.51. The van der Waals surface area contributed by atoms with Crippen molar-refractivity contribution in [3.05, 3.63) is 83.0 Å². The van der Waals surface area contributed by atoms with Gasteiger partial charge in [0.15, 0.2) is 5.78 Å². The zero-order valence-electron chi connectivity index (χ0n) is 22.4. The van der Waals surface area contributed by atoms with E-state index in [2.05, 4.69) is 82.3 Å². The standard InChI is InChI=1S/C28H34O.2C2H6/c1-5-21-11-10-14-25(17-21)26-18-22(16-15-20(26)4)19-27(23(6-2)7-3)28(29)24-12-8-9-13-24;2*1-2/h8,10-18,23,27H,5-7,9,19H2,1-4H3;2*1-2H3. The summed E-state index contributed by atoms with van der Waals surface area (Å²) >= 11 is 0. The average Bonchev–Trinajstić information content (AvgIpc) is 3.42. The van der Waals surface area contributed by atoms with Crippen LogP contribution in [0.5, 0.6) is 0 Å². The summed E-state index contributed by atoms with van der Waals surface area (Å²) in [4.78, 5) is 13.3. The first-order valence-electron chi connectivity index (χ1n) is 13.2. The number of rotatable bonds is 9. The van der Waals surface area contributed by atoms with Gasteiger partial charge in [-0.25, -0.2) is 0 Å². The van der Waals surface area contributed by atoms with E-state index < -0.39 is 0 Å². The van der Waals surface area contributed by atoms with Crippen LogP contribution in [0, 0.1) is 18.8 Å². The predicted molar refractivity (Wildman–Crippen MR) is 147 cm³/mol. The van der Waals surface area contributed by atoms with Gasteiger partial charge in [0.2, 0.25) is 0 Å². The lowest BCUT2D eigenvalue weighted by Gasteiger charge is -2.25. The molecule has 0 aliphatic heterocycles. The largest absolute Gasteiger partial charge is 0.294 e. The first-order chi connectivity index (χ1) is 16.1. The monoisotopic (exact) mass is 446 g/mol. The number of allylic oxidation sites excluding steroid dienone is 4. The van der Waals surface area contributed by atoms with Gasteiger partial charge in [-0.3, -0.25) is 4.79 Å². The molecule has 2 aromatic rings. The molecule has 0 N–H and O–H groups in total. The van der Waals surface area contributed by atoms with E-state index in [-0.39, 0.29) is 5.92 Å². The molecule has 1 heteroatoms. The summed E-state index contributed by atoms with van der Waals surface area (Å²) in [7, 11) is 0. The van der Waals surface area contributed by atoms with Crippen LogP contribution in [0.2, 0.25) is 0 Å². The van der Waals surface area contributed by atoms with E-state index >= 15 is 0 Å². The Hall–Kier alpha value is -2.41. The maximum Gasteiger partial charge on any atom is 0.166 e. The molecule has 1 nitrogen and oxygen atoms in total. The topological polar surface area (TPSA) is 17.1 Å². The van der Waals surface area contributed by atoms with Crippen molar-refractivity contribution < 1.29 is 4.79 Å². The highest BCUT2D eigenvalue weighted by Gasteiger charge is 2.28. The van der Waals surface area contributed by atoms with E-state index in [4.69, 9.17) is 0 Å². The van der Waals surface area contributed by atoms with Crippen LogP contribution in [0.25, 0.3) is 11.1 Å². The first-order valence-corrected chi connectivity index (χ1v) is 13.2. The molecule has 3 rings (SSSR count). The molecule has 0 spiro atoms. The number of ketones is 1. The molecular weight excluding hydrogens is 400 g/mol. The molecule has 0 bridgehead atoms. The molecule has 1 atom stereocenters. The second kappa shape index (κ2) is 15.4. The Morgan fingerprint density at radius 2 is 1.61 bits per heavy atom. The third kappa shape index (κ3) is 7.84. The molecule has 0 saturated carbocycles. The van der Waals surface area contributed by atoms with Gasteiger partial charge in [0.25, 0.3) is 0 Å². The fourth-order valence-electron chi connectivity index (χ4n) is 4.51. The highest BCUT2D eigenvalue weighted by atomic mass is 16.1. The number of carbonyl (C=O) groups excluding carboxylic acids is 1. The zero-order chi connectivity index (χ0) is 24.8. The minimum Gasteiger partial charge on any atom is -0.294 e. The SMILES string of the molecule is CC.CC.CCc1cccc(-c2cc(CC(C(=O)C3=CCC=C3)C(CC)CC)ccc2C)c1. The minimum atomic E-state index is 0.0523. The lowest BCUT2D eigenvalue weighted by molar-refractivity contribution is -0.120. The van der Waals surface area contributed by atoms with Crippen LogP contribution < -0.4 is 0 Å². The lowest BCUT2D eigenvalue weighted by atomic mass is 9.78. The summed E-state index contributed by atoms with van der Waals surface area (Å²) in [6.07, 6.45) is 11.0. The summed E-state index contributed by atoms with van der Waals surface area (Å²) in [6.45, 7) is 16.8. The number of hydrogen-bond acceptors (Lipinski definition) is 1. The van der Waals surface area contributed by atoms with Crippen LogP contribution in [0.15, 0.2) is 66.3 Å². The highest BCUT2D eigenvalue weighted by molar-refractivity contribution is 6.00. The number of carbonyl (C=O) groups is 1. The second-order valence-electron chi connectivity index (χ2n) is 8.25. The first kappa shape index (κ1) is 28.6. The Bertz CT molecular complexity index is 912. The summed E-state index contributed by atoms with van der Waals surface area (Å²) in [5, 5.41) is 0. The maximum atomic E-state index is 13.3. The third-order valence-electron chi connectivity index (χ3n) is 6.41. The van der Waals surface area contributed by atoms with Crippen LogP contribution in [-0.2, 0) is 17.6 Å². The minimum absolute atomic E-state index is 0.0523. The van der Waals surface area contributed by atoms with Gasteiger partial charge in [-0.1, -0.05) is 122 Å². The van der Waals surface area contributed by atoms with E-state index in [1.165, 1.54) is 27.8 Å². The fraction of sp³-hybridized carbons (Fsp3) is 0.469. The Morgan fingerprint density at radius 3 is 2.18 bits per heavy atom. The number of hydrogen-bond donors (Lipinski definition) is 0. The van der Waals surface area contributed by atoms with Crippen molar-refractivity contribution in [1.82, 2.24) is 0 Å². The molecule has 1 aliphatic carbocycles. The van der Waals surface area contributed by atoms with E-state index in [1.54, 1.807) is 0 Å². The predicted octanol–water partition coefficient (Wildman–Crippen LogP) is 9.33. The van der Waals surface area contributed by atoms with Crippen LogP contribution in [0.3, 0.4) is 0 Å². The van der Waals surface area contributed by atoms with Crippen molar-refractivity contribution in [3.8, 4) is 11.1 Å². The van der Waals surface area contributed by atoms with Crippen molar-refractivity contribution in [2.24, 2.45) is 11.8 Å². The Kier molecular flexibility index (Phi) is 13.4. The number of benzene rings is 2. The second-order valence-corrected chi connectivity index (χ2v) is 8.25. The van der Waals surface area contributed by atoms with E-state index in [9.17, 15) is 4.79 Å². The van der Waals surface area contributed by atoms with Crippen molar-refractivity contribution >= 4 is 5.78 Å². The van der Waals surface area contributed by atoms with Crippen LogP contribution >= 0.6 is 0 Å². The Labute approximate surface area is 204 Å². The highest BCUT2D eigenvalue weighted by Crippen LogP contribution is 2.31. The molecule has 0 aromatic heterocycles. The zero-order valence-corrected chi connectivity index (χ0v) is 22.4. The molecule has 0 saturated heterocycles. The summed E-state index contributed by atoms with van der Waals surface area (Å²) in [6, 6.07) is 15.6. The normalized spacial score (nSPS) is 12.9. The number of Topliss-reactive ketones (excluding diaryl/α,β-unsaturated/α-hetero) is 1. The van der Waals surface area contributed by atoms with Gasteiger partial charge in [0, 0.05) is 11.5 Å². The summed E-state index contributed by atoms with van der Waals surface area (Å²) in [5.74, 6) is 0.796. The summed E-state index contributed by atoms with van der Waals surface area (Å²) < 4.78 is 0. The van der Waals surface area contributed by atoms with Gasteiger partial charge in [0.1, 0.15) is 0 Å². The van der Waals surface area contributed by atoms with E-state index in [0.717, 1.165) is 37.7 Å². The molecule has 0 heterocycles. The van der Waals surface area contributed by atoms with Crippen LogP contribution in [0.1, 0.15) is 84.4 Å². The van der Waals surface area contributed by atoms with E-state index in [0.29, 0.717) is 11.7 Å². The summed E-state index contributed by atoms with van der Waals surface area (Å²) in [5.41, 5.74) is 7.38. The third-order valence-corrected chi connectivity index (χ3v) is 6.41. The number of aryl methyl sites for hydroxylation is 2. The van der Waals surface area contributed by atoms with Crippen molar-refractivity contribution in [2.45, 2.75) is 87.5 Å². The molecule has 2 aromatic carbocycles. The van der Waals surface area contributed by atoms with Crippen molar-refractivity contribution in [1.29, 1.82) is 0 Å². The van der Waals surface area contributed by atoms with Crippen LogP contribution in [0.4, 0.5) is 0 Å². The van der Waals surface area contributed by atoms with Crippen molar-refractivity contribution in [2.75, 3.05) is 0 Å². The smallest absolute Gasteiger partial charge is 0.166 e. The lowest BCUT2D eigenvalue weighted by Crippen LogP contribution is -2.26. The molecule has 0 fully saturated rings. The Morgan fingerprint density at radius 1 is 0.909 bits per heavy atom. The maximum absolute atomic E-state index is 13.3. The molecular formula is C32H46O. The van der Waals surface area contributed by atoms with Crippen molar-refractivity contribution in [3.63, 3.8) is 0 Å². The van der Waals surface area contributed by atoms with Gasteiger partial charge >= 0.3 is 0 Å². The van der Waals surface area contributed by atoms with Gasteiger partial charge in [0.05, 0.1) is 0 Å². The molecule has 0 radical (unpaired) electrons. The van der Waals surface area contributed by atoms with E-state index in [1.807, 2.05) is 33.8 Å². The Balaban J connectivity index is 0.00000129. The molecule has 1 aliphatic rings. The van der Waals surface area contributed by atoms with Crippen LogP contribution in [-0.4, -0.2) is 5.78 Å².